The predicted octanol–water partition coefficient (Wildman–Crippen LogP) is 1.16. The summed E-state index contributed by atoms with van der Waals surface area (Å²) in [5.74, 6) is 0.648. The topological polar surface area (TPSA) is 95.1 Å². The maximum Gasteiger partial charge on any atom is 0.409 e. The monoisotopic (exact) mass is 469 g/mol. The van der Waals surface area contributed by atoms with Crippen molar-refractivity contribution in [2.75, 3.05) is 40.3 Å². The molecule has 0 aliphatic carbocycles. The van der Waals surface area contributed by atoms with Crippen molar-refractivity contribution in [2.24, 2.45) is 10.4 Å². The summed E-state index contributed by atoms with van der Waals surface area (Å²) in [6.45, 7) is 7.77. The molecule has 8 nitrogen and oxygen atoms in total. The highest BCUT2D eigenvalue weighted by atomic mass is 127. The van der Waals surface area contributed by atoms with Gasteiger partial charge in [0.15, 0.2) is 5.96 Å². The Hall–Kier alpha value is -1.26. The molecular weight excluding hydrogens is 437 g/mol. The van der Waals surface area contributed by atoms with Crippen molar-refractivity contribution >= 4 is 41.9 Å². The Morgan fingerprint density at radius 3 is 2.36 bits per heavy atom. The first-order valence-electron chi connectivity index (χ1n) is 8.45. The maximum atomic E-state index is 11.8. The first kappa shape index (κ1) is 23.7. The van der Waals surface area contributed by atoms with Gasteiger partial charge in [0, 0.05) is 39.8 Å². The summed E-state index contributed by atoms with van der Waals surface area (Å²) in [7, 11) is 3.34. The summed E-state index contributed by atoms with van der Waals surface area (Å²) in [6, 6.07) is 0.241. The van der Waals surface area contributed by atoms with Crippen molar-refractivity contribution in [1.29, 1.82) is 0 Å². The quantitative estimate of drug-likeness (QED) is 0.319. The van der Waals surface area contributed by atoms with E-state index in [-0.39, 0.29) is 42.0 Å². The molecule has 0 radical (unpaired) electrons. The Balaban J connectivity index is 0.00000576. The number of hydrogen-bond donors (Lipinski definition) is 3. The minimum Gasteiger partial charge on any atom is -0.450 e. The van der Waals surface area contributed by atoms with Gasteiger partial charge in [0.25, 0.3) is 0 Å². The zero-order valence-electron chi connectivity index (χ0n) is 15.8. The number of amides is 2. The van der Waals surface area contributed by atoms with Gasteiger partial charge in [0.05, 0.1) is 12.0 Å². The standard InChI is InChI=1S/C16H31N5O3.HI/c1-6-24-15(23)21-9-7-12(8-10-21)20-14(18-5)19-11-16(2,3)13(22)17-4;/h12H,6-11H2,1-5H3,(H,17,22)(H2,18,19,20);1H. The Morgan fingerprint density at radius 2 is 1.88 bits per heavy atom. The average Bonchev–Trinajstić information content (AvgIpc) is 2.58. The minimum absolute atomic E-state index is 0. The van der Waals surface area contributed by atoms with Crippen LogP contribution in [0, 0.1) is 5.41 Å². The molecule has 0 atom stereocenters. The number of guanidine groups is 1. The molecule has 25 heavy (non-hydrogen) atoms. The number of likely N-dealkylation sites (tertiary alicyclic amines) is 1. The fraction of sp³-hybridized carbons (Fsp3) is 0.812. The molecule has 1 rings (SSSR count). The molecule has 3 N–H and O–H groups in total. The fourth-order valence-corrected chi connectivity index (χ4v) is 2.53. The summed E-state index contributed by atoms with van der Waals surface area (Å²) in [5.41, 5.74) is -0.528. The summed E-state index contributed by atoms with van der Waals surface area (Å²) < 4.78 is 5.02. The molecular formula is C16H32IN5O3. The van der Waals surface area contributed by atoms with Crippen LogP contribution in [-0.4, -0.2) is 69.2 Å². The fourth-order valence-electron chi connectivity index (χ4n) is 2.53. The molecule has 1 aliphatic heterocycles. The number of aliphatic imine (C=N–C) groups is 1. The predicted molar refractivity (Wildman–Crippen MR) is 109 cm³/mol. The van der Waals surface area contributed by atoms with E-state index in [1.807, 2.05) is 20.8 Å². The molecule has 0 spiro atoms. The Kier molecular flexibility index (Phi) is 10.8. The average molecular weight is 469 g/mol. The van der Waals surface area contributed by atoms with Crippen LogP contribution in [0.1, 0.15) is 33.6 Å². The number of nitrogens with zero attached hydrogens (tertiary/aromatic N) is 2. The maximum absolute atomic E-state index is 11.8. The van der Waals surface area contributed by atoms with Gasteiger partial charge in [-0.15, -0.1) is 24.0 Å². The Labute approximate surface area is 167 Å². The SMILES string of the molecule is CCOC(=O)N1CCC(NC(=NC)NCC(C)(C)C(=O)NC)CC1.I. The lowest BCUT2D eigenvalue weighted by Crippen LogP contribution is -2.52. The summed E-state index contributed by atoms with van der Waals surface area (Å²) in [6.07, 6.45) is 1.42. The van der Waals surface area contributed by atoms with E-state index >= 15 is 0 Å². The lowest BCUT2D eigenvalue weighted by molar-refractivity contribution is -0.128. The third kappa shape index (κ3) is 7.66. The highest BCUT2D eigenvalue weighted by Crippen LogP contribution is 2.14. The number of piperidine rings is 1. The molecule has 1 fully saturated rings. The van der Waals surface area contributed by atoms with Crippen molar-refractivity contribution < 1.29 is 14.3 Å². The van der Waals surface area contributed by atoms with E-state index in [0.29, 0.717) is 32.2 Å². The van der Waals surface area contributed by atoms with Crippen LogP contribution >= 0.6 is 24.0 Å². The molecule has 0 aromatic heterocycles. The van der Waals surface area contributed by atoms with Crippen molar-refractivity contribution in [2.45, 2.75) is 39.7 Å². The van der Waals surface area contributed by atoms with Gasteiger partial charge in [0.2, 0.25) is 5.91 Å². The van der Waals surface area contributed by atoms with Crippen molar-refractivity contribution in [1.82, 2.24) is 20.9 Å². The minimum atomic E-state index is -0.528. The van der Waals surface area contributed by atoms with Crippen molar-refractivity contribution in [3.8, 4) is 0 Å². The molecule has 0 unspecified atom stereocenters. The lowest BCUT2D eigenvalue weighted by Gasteiger charge is -2.33. The second-order valence-corrected chi connectivity index (χ2v) is 6.49. The summed E-state index contributed by atoms with van der Waals surface area (Å²) in [4.78, 5) is 29.5. The molecule has 0 saturated carbocycles. The molecule has 1 heterocycles. The number of nitrogens with one attached hydrogen (secondary N) is 3. The Morgan fingerprint density at radius 1 is 1.28 bits per heavy atom. The number of carbonyl (C=O) groups is 2. The molecule has 1 aliphatic rings. The van der Waals surface area contributed by atoms with Crippen LogP contribution in [0.5, 0.6) is 0 Å². The van der Waals surface area contributed by atoms with Gasteiger partial charge in [-0.2, -0.15) is 0 Å². The van der Waals surface area contributed by atoms with Crippen LogP contribution in [0.25, 0.3) is 0 Å². The summed E-state index contributed by atoms with van der Waals surface area (Å²) >= 11 is 0. The van der Waals surface area contributed by atoms with E-state index in [9.17, 15) is 9.59 Å². The smallest absolute Gasteiger partial charge is 0.409 e. The highest BCUT2D eigenvalue weighted by molar-refractivity contribution is 14.0. The molecule has 1 saturated heterocycles. The first-order valence-corrected chi connectivity index (χ1v) is 8.45. The molecule has 146 valence electrons. The highest BCUT2D eigenvalue weighted by Gasteiger charge is 2.28. The summed E-state index contributed by atoms with van der Waals surface area (Å²) in [5, 5.41) is 9.22. The van der Waals surface area contributed by atoms with E-state index in [0.717, 1.165) is 12.8 Å². The number of halogens is 1. The van der Waals surface area contributed by atoms with Crippen molar-refractivity contribution in [3.05, 3.63) is 0 Å². The number of hydrogen-bond acceptors (Lipinski definition) is 4. The van der Waals surface area contributed by atoms with E-state index in [1.54, 1.807) is 19.0 Å². The zero-order chi connectivity index (χ0) is 18.2. The Bertz CT molecular complexity index is 463. The number of ether oxygens (including phenoxy) is 1. The largest absolute Gasteiger partial charge is 0.450 e. The van der Waals surface area contributed by atoms with Gasteiger partial charge < -0.3 is 25.6 Å². The van der Waals surface area contributed by atoms with Gasteiger partial charge >= 0.3 is 6.09 Å². The van der Waals surface area contributed by atoms with Crippen LogP contribution in [0.4, 0.5) is 4.79 Å². The van der Waals surface area contributed by atoms with Gasteiger partial charge in [-0.25, -0.2) is 4.79 Å². The normalized spacial score (nSPS) is 15.9. The van der Waals surface area contributed by atoms with Crippen molar-refractivity contribution in [3.63, 3.8) is 0 Å². The molecule has 2 amide bonds. The van der Waals surface area contributed by atoms with Crippen LogP contribution in [0.3, 0.4) is 0 Å². The third-order valence-corrected chi connectivity index (χ3v) is 4.12. The van der Waals surface area contributed by atoms with Gasteiger partial charge in [0.1, 0.15) is 0 Å². The van der Waals surface area contributed by atoms with E-state index in [1.165, 1.54) is 0 Å². The second kappa shape index (κ2) is 11.4. The zero-order valence-corrected chi connectivity index (χ0v) is 18.2. The molecule has 0 bridgehead atoms. The van der Waals surface area contributed by atoms with Gasteiger partial charge in [-0.1, -0.05) is 0 Å². The van der Waals surface area contributed by atoms with Crippen LogP contribution < -0.4 is 16.0 Å². The van der Waals surface area contributed by atoms with Crippen LogP contribution in [-0.2, 0) is 9.53 Å². The molecule has 0 aromatic carbocycles. The van der Waals surface area contributed by atoms with Gasteiger partial charge in [-0.05, 0) is 33.6 Å². The third-order valence-electron chi connectivity index (χ3n) is 4.12. The molecule has 0 aromatic rings. The lowest BCUT2D eigenvalue weighted by atomic mass is 9.92. The molecule has 9 heteroatoms. The van der Waals surface area contributed by atoms with Gasteiger partial charge in [-0.3, -0.25) is 9.79 Å². The van der Waals surface area contributed by atoms with Crippen LogP contribution in [0.2, 0.25) is 0 Å². The van der Waals surface area contributed by atoms with E-state index in [4.69, 9.17) is 4.74 Å². The van der Waals surface area contributed by atoms with E-state index in [2.05, 4.69) is 20.9 Å². The second-order valence-electron chi connectivity index (χ2n) is 6.49. The van der Waals surface area contributed by atoms with Crippen LogP contribution in [0.15, 0.2) is 4.99 Å². The number of rotatable bonds is 5. The van der Waals surface area contributed by atoms with E-state index < -0.39 is 5.41 Å². The first-order chi connectivity index (χ1) is 11.3. The number of carbonyl (C=O) groups excluding carboxylic acids is 2.